The molecule has 2 aromatic rings. The zero-order valence-corrected chi connectivity index (χ0v) is 12.8. The van der Waals surface area contributed by atoms with Crippen molar-refractivity contribution in [1.82, 2.24) is 4.31 Å². The highest BCUT2D eigenvalue weighted by molar-refractivity contribution is 7.89. The Morgan fingerprint density at radius 3 is 2.15 bits per heavy atom. The molecule has 0 heterocycles. The van der Waals surface area contributed by atoms with Gasteiger partial charge in [-0.05, 0) is 37.1 Å². The lowest BCUT2D eigenvalue weighted by Crippen LogP contribution is -2.26. The summed E-state index contributed by atoms with van der Waals surface area (Å²) in [5.74, 6) is 0. The number of hydrogen-bond acceptors (Lipinski definition) is 2. The summed E-state index contributed by atoms with van der Waals surface area (Å²) in [6.45, 7) is 4.30. The SMILES string of the molecule is Cc1ccc(S(=O)(=O)N(C)Cc2ccccc2C)cc1. The van der Waals surface area contributed by atoms with Gasteiger partial charge in [0, 0.05) is 13.6 Å². The van der Waals surface area contributed by atoms with Gasteiger partial charge < -0.3 is 0 Å². The molecule has 0 amide bonds. The van der Waals surface area contributed by atoms with Crippen molar-refractivity contribution in [3.8, 4) is 0 Å². The molecule has 0 atom stereocenters. The number of hydrogen-bond donors (Lipinski definition) is 0. The fourth-order valence-electron chi connectivity index (χ4n) is 2.00. The zero-order chi connectivity index (χ0) is 14.8. The lowest BCUT2D eigenvalue weighted by molar-refractivity contribution is 0.466. The largest absolute Gasteiger partial charge is 0.243 e. The van der Waals surface area contributed by atoms with Crippen molar-refractivity contribution in [2.75, 3.05) is 7.05 Å². The molecule has 0 aliphatic carbocycles. The number of nitrogens with zero attached hydrogens (tertiary/aromatic N) is 1. The Morgan fingerprint density at radius 2 is 1.55 bits per heavy atom. The van der Waals surface area contributed by atoms with Crippen LogP contribution in [-0.2, 0) is 16.6 Å². The van der Waals surface area contributed by atoms with Gasteiger partial charge in [-0.25, -0.2) is 8.42 Å². The van der Waals surface area contributed by atoms with Crippen molar-refractivity contribution in [2.24, 2.45) is 0 Å². The quantitative estimate of drug-likeness (QED) is 0.867. The molecule has 0 aliphatic rings. The van der Waals surface area contributed by atoms with E-state index in [1.807, 2.05) is 50.2 Å². The Labute approximate surface area is 120 Å². The van der Waals surface area contributed by atoms with E-state index in [-0.39, 0.29) is 0 Å². The molecule has 4 heteroatoms. The molecule has 106 valence electrons. The normalized spacial score (nSPS) is 11.8. The van der Waals surface area contributed by atoms with E-state index in [1.54, 1.807) is 19.2 Å². The third-order valence-corrected chi connectivity index (χ3v) is 5.20. The van der Waals surface area contributed by atoms with E-state index in [1.165, 1.54) is 4.31 Å². The van der Waals surface area contributed by atoms with E-state index in [4.69, 9.17) is 0 Å². The van der Waals surface area contributed by atoms with Crippen LogP contribution in [0.3, 0.4) is 0 Å². The number of aryl methyl sites for hydroxylation is 2. The van der Waals surface area contributed by atoms with Crippen LogP contribution in [0.4, 0.5) is 0 Å². The van der Waals surface area contributed by atoms with Crippen LogP contribution in [0, 0.1) is 13.8 Å². The summed E-state index contributed by atoms with van der Waals surface area (Å²) in [6.07, 6.45) is 0. The van der Waals surface area contributed by atoms with Crippen LogP contribution in [0.15, 0.2) is 53.4 Å². The summed E-state index contributed by atoms with van der Waals surface area (Å²) in [6, 6.07) is 14.8. The van der Waals surface area contributed by atoms with Crippen molar-refractivity contribution < 1.29 is 8.42 Å². The first-order valence-electron chi connectivity index (χ1n) is 6.49. The lowest BCUT2D eigenvalue weighted by atomic mass is 10.1. The molecule has 20 heavy (non-hydrogen) atoms. The zero-order valence-electron chi connectivity index (χ0n) is 12.0. The smallest absolute Gasteiger partial charge is 0.207 e. The van der Waals surface area contributed by atoms with Crippen LogP contribution in [0.5, 0.6) is 0 Å². The van der Waals surface area contributed by atoms with Gasteiger partial charge in [-0.1, -0.05) is 42.0 Å². The first-order chi connectivity index (χ1) is 9.41. The van der Waals surface area contributed by atoms with Crippen molar-refractivity contribution in [3.05, 3.63) is 65.2 Å². The van der Waals surface area contributed by atoms with E-state index in [0.717, 1.165) is 16.7 Å². The summed E-state index contributed by atoms with van der Waals surface area (Å²) in [4.78, 5) is 0.333. The molecule has 0 radical (unpaired) electrons. The Balaban J connectivity index is 2.26. The van der Waals surface area contributed by atoms with E-state index in [2.05, 4.69) is 0 Å². The molecule has 2 aromatic carbocycles. The van der Waals surface area contributed by atoms with Crippen molar-refractivity contribution in [1.29, 1.82) is 0 Å². The summed E-state index contributed by atoms with van der Waals surface area (Å²) in [5.41, 5.74) is 3.16. The van der Waals surface area contributed by atoms with Crippen molar-refractivity contribution >= 4 is 10.0 Å². The lowest BCUT2D eigenvalue weighted by Gasteiger charge is -2.18. The molecule has 3 nitrogen and oxygen atoms in total. The molecule has 0 unspecified atom stereocenters. The molecular weight excluding hydrogens is 270 g/mol. The maximum Gasteiger partial charge on any atom is 0.243 e. The van der Waals surface area contributed by atoms with Gasteiger partial charge in [0.25, 0.3) is 0 Å². The van der Waals surface area contributed by atoms with E-state index < -0.39 is 10.0 Å². The second-order valence-electron chi connectivity index (χ2n) is 5.00. The average molecular weight is 289 g/mol. The molecule has 0 aliphatic heterocycles. The topological polar surface area (TPSA) is 37.4 Å². The number of sulfonamides is 1. The number of rotatable bonds is 4. The molecule has 0 saturated heterocycles. The fraction of sp³-hybridized carbons (Fsp3) is 0.250. The third-order valence-electron chi connectivity index (χ3n) is 3.38. The summed E-state index contributed by atoms with van der Waals surface area (Å²) in [7, 11) is -1.82. The van der Waals surface area contributed by atoms with Crippen molar-refractivity contribution in [2.45, 2.75) is 25.3 Å². The van der Waals surface area contributed by atoms with Gasteiger partial charge in [0.05, 0.1) is 4.90 Å². The Bertz CT molecular complexity index is 691. The van der Waals surface area contributed by atoms with Crippen LogP contribution < -0.4 is 0 Å². The van der Waals surface area contributed by atoms with E-state index in [0.29, 0.717) is 11.4 Å². The highest BCUT2D eigenvalue weighted by Gasteiger charge is 2.20. The molecule has 0 aromatic heterocycles. The Hall–Kier alpha value is -1.65. The van der Waals surface area contributed by atoms with Gasteiger partial charge >= 0.3 is 0 Å². The molecule has 0 N–H and O–H groups in total. The molecule has 2 rings (SSSR count). The predicted molar refractivity (Wildman–Crippen MR) is 81.0 cm³/mol. The van der Waals surface area contributed by atoms with Crippen LogP contribution in [0.1, 0.15) is 16.7 Å². The predicted octanol–water partition coefficient (Wildman–Crippen LogP) is 3.12. The summed E-state index contributed by atoms with van der Waals surface area (Å²) in [5, 5.41) is 0. The third kappa shape index (κ3) is 3.08. The van der Waals surface area contributed by atoms with E-state index >= 15 is 0 Å². The Morgan fingerprint density at radius 1 is 0.950 bits per heavy atom. The van der Waals surface area contributed by atoms with Crippen LogP contribution in [0.2, 0.25) is 0 Å². The minimum absolute atomic E-state index is 0.333. The van der Waals surface area contributed by atoms with Gasteiger partial charge in [-0.3, -0.25) is 0 Å². The van der Waals surface area contributed by atoms with Gasteiger partial charge in [-0.15, -0.1) is 0 Å². The van der Waals surface area contributed by atoms with Crippen molar-refractivity contribution in [3.63, 3.8) is 0 Å². The molecular formula is C16H19NO2S. The highest BCUT2D eigenvalue weighted by atomic mass is 32.2. The summed E-state index contributed by atoms with van der Waals surface area (Å²) >= 11 is 0. The van der Waals surface area contributed by atoms with Crippen LogP contribution in [0.25, 0.3) is 0 Å². The van der Waals surface area contributed by atoms with Gasteiger partial charge in [0.15, 0.2) is 0 Å². The average Bonchev–Trinajstić information content (AvgIpc) is 2.41. The minimum atomic E-state index is -3.44. The molecule has 0 saturated carbocycles. The molecule has 0 bridgehead atoms. The second kappa shape index (κ2) is 5.77. The van der Waals surface area contributed by atoms with E-state index in [9.17, 15) is 8.42 Å². The van der Waals surface area contributed by atoms with Crippen LogP contribution >= 0.6 is 0 Å². The minimum Gasteiger partial charge on any atom is -0.207 e. The second-order valence-corrected chi connectivity index (χ2v) is 7.05. The maximum absolute atomic E-state index is 12.5. The standard InChI is InChI=1S/C16H19NO2S/c1-13-8-10-16(11-9-13)20(18,19)17(3)12-15-7-5-4-6-14(15)2/h4-11H,12H2,1-3H3. The van der Waals surface area contributed by atoms with Gasteiger partial charge in [-0.2, -0.15) is 4.31 Å². The summed E-state index contributed by atoms with van der Waals surface area (Å²) < 4.78 is 26.4. The molecule has 0 spiro atoms. The fourth-order valence-corrected chi connectivity index (χ4v) is 3.15. The molecule has 0 fully saturated rings. The number of benzene rings is 2. The highest BCUT2D eigenvalue weighted by Crippen LogP contribution is 2.18. The van der Waals surface area contributed by atoms with Gasteiger partial charge in [0.2, 0.25) is 10.0 Å². The van der Waals surface area contributed by atoms with Gasteiger partial charge in [0.1, 0.15) is 0 Å². The Kier molecular flexibility index (Phi) is 4.26. The maximum atomic E-state index is 12.5. The first kappa shape index (κ1) is 14.8. The first-order valence-corrected chi connectivity index (χ1v) is 7.93. The van der Waals surface area contributed by atoms with Crippen LogP contribution in [-0.4, -0.2) is 19.8 Å². The monoisotopic (exact) mass is 289 g/mol.